The number of carbonyl (C=O) groups excluding carboxylic acids is 1. The van der Waals surface area contributed by atoms with Crippen LogP contribution in [0.2, 0.25) is 0 Å². The van der Waals surface area contributed by atoms with Crippen LogP contribution in [0.4, 0.5) is 19.0 Å². The van der Waals surface area contributed by atoms with Crippen molar-refractivity contribution < 1.29 is 18.0 Å². The average molecular weight is 463 g/mol. The molecule has 0 aliphatic carbocycles. The highest BCUT2D eigenvalue weighted by atomic mass is 32.1. The van der Waals surface area contributed by atoms with Gasteiger partial charge in [0.1, 0.15) is 11.6 Å². The Balaban J connectivity index is 1.41. The van der Waals surface area contributed by atoms with Gasteiger partial charge in [0, 0.05) is 42.2 Å². The van der Waals surface area contributed by atoms with Crippen LogP contribution in [0.5, 0.6) is 0 Å². The van der Waals surface area contributed by atoms with Crippen molar-refractivity contribution in [3.8, 4) is 0 Å². The molecule has 9 heteroatoms. The molecule has 0 radical (unpaired) electrons. The van der Waals surface area contributed by atoms with Gasteiger partial charge >= 0.3 is 6.18 Å². The van der Waals surface area contributed by atoms with Crippen LogP contribution in [-0.4, -0.2) is 29.0 Å². The van der Waals surface area contributed by atoms with Crippen LogP contribution < -0.4 is 10.2 Å². The lowest BCUT2D eigenvalue weighted by atomic mass is 9.95. The number of carbonyl (C=O) groups is 1. The minimum Gasteiger partial charge on any atom is -0.356 e. The second-order valence-electron chi connectivity index (χ2n) is 8.00. The first-order valence-electron chi connectivity index (χ1n) is 10.7. The van der Waals surface area contributed by atoms with Crippen LogP contribution in [0, 0.1) is 12.8 Å². The molecule has 2 aromatic heterocycles. The number of nitrogens with zero attached hydrogens (tertiary/aromatic N) is 3. The summed E-state index contributed by atoms with van der Waals surface area (Å²) in [5.41, 5.74) is 0.326. The van der Waals surface area contributed by atoms with Crippen LogP contribution in [-0.2, 0) is 23.9 Å². The zero-order valence-corrected chi connectivity index (χ0v) is 18.8. The molecule has 1 amide bonds. The quantitative estimate of drug-likeness (QED) is 0.572. The molecule has 0 saturated carbocycles. The summed E-state index contributed by atoms with van der Waals surface area (Å²) in [4.78, 5) is 25.4. The summed E-state index contributed by atoms with van der Waals surface area (Å²) in [7, 11) is 0. The largest absolute Gasteiger partial charge is 0.416 e. The van der Waals surface area contributed by atoms with Crippen molar-refractivity contribution in [2.24, 2.45) is 5.92 Å². The second kappa shape index (κ2) is 9.05. The van der Waals surface area contributed by atoms with Gasteiger partial charge in [0.2, 0.25) is 5.91 Å². The minimum atomic E-state index is -4.44. The molecule has 1 aliphatic rings. The summed E-state index contributed by atoms with van der Waals surface area (Å²) < 4.78 is 39.5. The van der Waals surface area contributed by atoms with Crippen LogP contribution in [0.15, 0.2) is 29.6 Å². The standard InChI is InChI=1S/C23H25F3N4OS/c1-3-19-28-18-13-32-14(2)20(18)21(29-19)30-10-8-15(9-11-30)22(31)27-12-16-6-4-5-7-17(16)23(24,25)26/h4-7,13,15H,3,8-12H2,1-2H3,(H,27,31). The molecule has 0 spiro atoms. The van der Waals surface area contributed by atoms with Crippen molar-refractivity contribution in [3.63, 3.8) is 0 Å². The molecule has 1 fully saturated rings. The maximum absolute atomic E-state index is 13.2. The molecule has 0 atom stereocenters. The molecule has 0 bridgehead atoms. The summed E-state index contributed by atoms with van der Waals surface area (Å²) in [6, 6.07) is 5.35. The molecule has 1 aromatic carbocycles. The fourth-order valence-corrected chi connectivity index (χ4v) is 4.93. The Morgan fingerprint density at radius 2 is 1.94 bits per heavy atom. The van der Waals surface area contributed by atoms with Gasteiger partial charge in [0.15, 0.2) is 0 Å². The number of thiophene rings is 1. The third kappa shape index (κ3) is 4.57. The first-order chi connectivity index (χ1) is 15.3. The van der Waals surface area contributed by atoms with Crippen LogP contribution in [0.25, 0.3) is 10.9 Å². The highest BCUT2D eigenvalue weighted by molar-refractivity contribution is 7.11. The van der Waals surface area contributed by atoms with Gasteiger partial charge in [0.05, 0.1) is 16.5 Å². The number of hydrogen-bond donors (Lipinski definition) is 1. The molecule has 1 N–H and O–H groups in total. The topological polar surface area (TPSA) is 58.1 Å². The summed E-state index contributed by atoms with van der Waals surface area (Å²) in [5.74, 6) is 1.29. The Morgan fingerprint density at radius 3 is 2.62 bits per heavy atom. The van der Waals surface area contributed by atoms with E-state index in [1.165, 1.54) is 17.0 Å². The number of hydrogen-bond acceptors (Lipinski definition) is 5. The Labute approximate surface area is 188 Å². The summed E-state index contributed by atoms with van der Waals surface area (Å²) in [6.45, 7) is 5.29. The van der Waals surface area contributed by atoms with Crippen LogP contribution in [0.1, 0.15) is 41.6 Å². The lowest BCUT2D eigenvalue weighted by molar-refractivity contribution is -0.138. The van der Waals surface area contributed by atoms with E-state index < -0.39 is 11.7 Å². The van der Waals surface area contributed by atoms with Crippen molar-refractivity contribution in [1.29, 1.82) is 0 Å². The molecule has 3 heterocycles. The van der Waals surface area contributed by atoms with Crippen molar-refractivity contribution in [3.05, 3.63) is 51.5 Å². The van der Waals surface area contributed by atoms with E-state index in [1.54, 1.807) is 17.4 Å². The number of rotatable bonds is 5. The fourth-order valence-electron chi connectivity index (χ4n) is 4.16. The monoisotopic (exact) mass is 462 g/mol. The molecule has 1 saturated heterocycles. The summed E-state index contributed by atoms with van der Waals surface area (Å²) in [6.07, 6.45) is -2.44. The van der Waals surface area contributed by atoms with Crippen LogP contribution >= 0.6 is 11.3 Å². The van der Waals surface area contributed by atoms with Gasteiger partial charge in [-0.1, -0.05) is 25.1 Å². The Bertz CT molecular complexity index is 1120. The molecule has 3 aromatic rings. The first kappa shape index (κ1) is 22.5. The second-order valence-corrected chi connectivity index (χ2v) is 9.09. The Hall–Kier alpha value is -2.68. The number of anilines is 1. The number of amides is 1. The van der Waals surface area contributed by atoms with Gasteiger partial charge < -0.3 is 10.2 Å². The van der Waals surface area contributed by atoms with Gasteiger partial charge in [-0.15, -0.1) is 11.3 Å². The first-order valence-corrected chi connectivity index (χ1v) is 11.6. The van der Waals surface area contributed by atoms with Crippen LogP contribution in [0.3, 0.4) is 0 Å². The van der Waals surface area contributed by atoms with E-state index in [9.17, 15) is 18.0 Å². The smallest absolute Gasteiger partial charge is 0.356 e. The average Bonchev–Trinajstić information content (AvgIpc) is 3.17. The number of fused-ring (bicyclic) bond motifs is 1. The maximum Gasteiger partial charge on any atom is 0.416 e. The van der Waals surface area contributed by atoms with E-state index in [2.05, 4.69) is 22.1 Å². The summed E-state index contributed by atoms with van der Waals surface area (Å²) in [5, 5.41) is 5.83. The van der Waals surface area contributed by atoms with Gasteiger partial charge in [-0.2, -0.15) is 13.2 Å². The van der Waals surface area contributed by atoms with Crippen molar-refractivity contribution in [2.45, 2.75) is 45.8 Å². The fraction of sp³-hybridized carbons (Fsp3) is 0.435. The number of halogens is 3. The SMILES string of the molecule is CCc1nc(N2CCC(C(=O)NCc3ccccc3C(F)(F)F)CC2)c2c(C)scc2n1. The molecule has 5 nitrogen and oxygen atoms in total. The number of aromatic nitrogens is 2. The minimum absolute atomic E-state index is 0.0780. The number of piperidine rings is 1. The van der Waals surface area contributed by atoms with E-state index >= 15 is 0 Å². The van der Waals surface area contributed by atoms with Gasteiger partial charge in [0.25, 0.3) is 0 Å². The number of nitrogens with one attached hydrogen (secondary N) is 1. The molecule has 1 aliphatic heterocycles. The van der Waals surface area contributed by atoms with Crippen molar-refractivity contribution in [2.75, 3.05) is 18.0 Å². The summed E-state index contributed by atoms with van der Waals surface area (Å²) >= 11 is 1.65. The highest BCUT2D eigenvalue weighted by Crippen LogP contribution is 2.34. The number of aryl methyl sites for hydroxylation is 2. The molecule has 170 valence electrons. The zero-order valence-electron chi connectivity index (χ0n) is 18.0. The van der Waals surface area contributed by atoms with E-state index in [4.69, 9.17) is 4.98 Å². The molecule has 4 rings (SSSR count). The predicted molar refractivity (Wildman–Crippen MR) is 120 cm³/mol. The normalized spacial score (nSPS) is 15.3. The lowest BCUT2D eigenvalue weighted by Crippen LogP contribution is -2.41. The Morgan fingerprint density at radius 1 is 1.22 bits per heavy atom. The third-order valence-electron chi connectivity index (χ3n) is 5.92. The van der Waals surface area contributed by atoms with E-state index in [0.717, 1.165) is 35.0 Å². The number of benzene rings is 1. The lowest BCUT2D eigenvalue weighted by Gasteiger charge is -2.33. The van der Waals surface area contributed by atoms with Gasteiger partial charge in [-0.25, -0.2) is 9.97 Å². The molecular formula is C23H25F3N4OS. The molecular weight excluding hydrogens is 437 g/mol. The maximum atomic E-state index is 13.2. The Kier molecular flexibility index (Phi) is 6.37. The number of alkyl halides is 3. The van der Waals surface area contributed by atoms with E-state index in [1.807, 2.05) is 12.3 Å². The predicted octanol–water partition coefficient (Wildman–Crippen LogP) is 5.11. The highest BCUT2D eigenvalue weighted by Gasteiger charge is 2.33. The third-order valence-corrected chi connectivity index (χ3v) is 6.82. The van der Waals surface area contributed by atoms with E-state index in [0.29, 0.717) is 25.9 Å². The molecule has 0 unspecified atom stereocenters. The van der Waals surface area contributed by atoms with Gasteiger partial charge in [-0.05, 0) is 31.4 Å². The van der Waals surface area contributed by atoms with Crippen molar-refractivity contribution >= 4 is 34.0 Å². The van der Waals surface area contributed by atoms with Gasteiger partial charge in [-0.3, -0.25) is 4.79 Å². The van der Waals surface area contributed by atoms with E-state index in [-0.39, 0.29) is 23.9 Å². The zero-order chi connectivity index (χ0) is 22.9. The molecule has 32 heavy (non-hydrogen) atoms. The van der Waals surface area contributed by atoms with Crippen molar-refractivity contribution in [1.82, 2.24) is 15.3 Å².